The summed E-state index contributed by atoms with van der Waals surface area (Å²) in [6.45, 7) is 4.02. The van der Waals surface area contributed by atoms with Crippen LogP contribution in [0.3, 0.4) is 0 Å². The lowest BCUT2D eigenvalue weighted by Gasteiger charge is -2.35. The molecule has 0 bridgehead atoms. The lowest BCUT2D eigenvalue weighted by Crippen LogP contribution is -2.54. The van der Waals surface area contributed by atoms with Crippen LogP contribution in [0.25, 0.3) is 0 Å². The molecule has 6 heteroatoms. The van der Waals surface area contributed by atoms with Gasteiger partial charge in [-0.25, -0.2) is 0 Å². The van der Waals surface area contributed by atoms with Crippen molar-refractivity contribution in [2.24, 2.45) is 0 Å². The van der Waals surface area contributed by atoms with E-state index >= 15 is 0 Å². The second kappa shape index (κ2) is 5.20. The lowest BCUT2D eigenvalue weighted by atomic mass is 10.1. The van der Waals surface area contributed by atoms with Gasteiger partial charge in [-0.05, 0) is 6.92 Å². The largest absolute Gasteiger partial charge is 0.480 e. The summed E-state index contributed by atoms with van der Waals surface area (Å²) in [4.78, 5) is 21.3. The Hall–Kier alpha value is -1.53. The van der Waals surface area contributed by atoms with E-state index in [-0.39, 0.29) is 6.04 Å². The molecular weight excluding hydrogens is 220 g/mol. The molecule has 2 N–H and O–H groups in total. The Labute approximate surface area is 99.7 Å². The number of nitrogens with one attached hydrogen (secondary N) is 1. The maximum absolute atomic E-state index is 10.9. The van der Waals surface area contributed by atoms with Crippen LogP contribution in [0.2, 0.25) is 0 Å². The number of carboxylic acids is 1. The zero-order valence-corrected chi connectivity index (χ0v) is 9.71. The Morgan fingerprint density at radius 2 is 2.47 bits per heavy atom. The number of hydrogen-bond acceptors (Lipinski definition) is 5. The van der Waals surface area contributed by atoms with Crippen LogP contribution in [0.1, 0.15) is 18.7 Å². The second-order valence-corrected chi connectivity index (χ2v) is 4.15. The molecule has 2 atom stereocenters. The third-order valence-electron chi connectivity index (χ3n) is 3.06. The molecule has 2 heterocycles. The molecule has 0 amide bonds. The Morgan fingerprint density at radius 3 is 3.12 bits per heavy atom. The highest BCUT2D eigenvalue weighted by Gasteiger charge is 2.28. The fourth-order valence-electron chi connectivity index (χ4n) is 2.00. The number of aromatic nitrogens is 2. The monoisotopic (exact) mass is 236 g/mol. The summed E-state index contributed by atoms with van der Waals surface area (Å²) in [5.74, 6) is -0.805. The van der Waals surface area contributed by atoms with Crippen molar-refractivity contribution in [1.82, 2.24) is 20.2 Å². The summed E-state index contributed by atoms with van der Waals surface area (Å²) < 4.78 is 0. The zero-order valence-electron chi connectivity index (χ0n) is 9.71. The Bertz CT molecular complexity index is 384. The third kappa shape index (κ3) is 2.78. The molecule has 92 valence electrons. The van der Waals surface area contributed by atoms with E-state index in [0.29, 0.717) is 13.1 Å². The maximum Gasteiger partial charge on any atom is 0.322 e. The number of carboxylic acid groups (broad SMARTS) is 1. The van der Waals surface area contributed by atoms with E-state index in [2.05, 4.69) is 20.2 Å². The van der Waals surface area contributed by atoms with Crippen LogP contribution in [-0.4, -0.2) is 51.6 Å². The van der Waals surface area contributed by atoms with Crippen LogP contribution < -0.4 is 5.32 Å². The van der Waals surface area contributed by atoms with Crippen molar-refractivity contribution < 1.29 is 9.90 Å². The van der Waals surface area contributed by atoms with E-state index in [9.17, 15) is 4.79 Å². The van der Waals surface area contributed by atoms with Gasteiger partial charge in [-0.2, -0.15) is 0 Å². The zero-order chi connectivity index (χ0) is 12.3. The molecule has 1 saturated heterocycles. The Kier molecular flexibility index (Phi) is 3.65. The number of piperazine rings is 1. The molecule has 0 spiro atoms. The first-order valence-corrected chi connectivity index (χ1v) is 5.64. The minimum Gasteiger partial charge on any atom is -0.480 e. The molecule has 0 radical (unpaired) electrons. The summed E-state index contributed by atoms with van der Waals surface area (Å²) >= 11 is 0. The molecule has 2 rings (SSSR count). The summed E-state index contributed by atoms with van der Waals surface area (Å²) in [6.07, 6.45) is 5.01. The predicted octanol–water partition coefficient (Wildman–Crippen LogP) is -0.104. The number of aliphatic carboxylic acids is 1. The molecular formula is C11H16N4O2. The minimum atomic E-state index is -0.805. The molecule has 17 heavy (non-hydrogen) atoms. The van der Waals surface area contributed by atoms with Gasteiger partial charge in [-0.15, -0.1) is 0 Å². The SMILES string of the molecule is C[C@@H](c1cnccn1)N1CCN[C@@H](C(=O)O)C1. The minimum absolute atomic E-state index is 0.0904. The smallest absolute Gasteiger partial charge is 0.322 e. The van der Waals surface area contributed by atoms with Crippen LogP contribution in [0, 0.1) is 0 Å². The normalized spacial score (nSPS) is 23.2. The van der Waals surface area contributed by atoms with E-state index < -0.39 is 12.0 Å². The highest BCUT2D eigenvalue weighted by Crippen LogP contribution is 2.18. The summed E-state index contributed by atoms with van der Waals surface area (Å²) in [6, 6.07) is -0.407. The lowest BCUT2D eigenvalue weighted by molar-refractivity contribution is -0.140. The highest BCUT2D eigenvalue weighted by atomic mass is 16.4. The first kappa shape index (κ1) is 11.9. The second-order valence-electron chi connectivity index (χ2n) is 4.15. The van der Waals surface area contributed by atoms with Crippen molar-refractivity contribution in [3.63, 3.8) is 0 Å². The standard InChI is InChI=1S/C11H16N4O2/c1-8(9-6-12-2-3-13-9)15-5-4-14-10(7-15)11(16)17/h2-3,6,8,10,14H,4-5,7H2,1H3,(H,16,17)/t8-,10+/m0/s1. The number of carbonyl (C=O) groups is 1. The Balaban J connectivity index is 2.05. The van der Waals surface area contributed by atoms with Crippen LogP contribution in [-0.2, 0) is 4.79 Å². The van der Waals surface area contributed by atoms with Gasteiger partial charge < -0.3 is 10.4 Å². The third-order valence-corrected chi connectivity index (χ3v) is 3.06. The average Bonchev–Trinajstić information content (AvgIpc) is 2.39. The molecule has 0 unspecified atom stereocenters. The van der Waals surface area contributed by atoms with E-state index in [1.807, 2.05) is 6.92 Å². The van der Waals surface area contributed by atoms with E-state index in [4.69, 9.17) is 5.11 Å². The van der Waals surface area contributed by atoms with Gasteiger partial charge >= 0.3 is 5.97 Å². The van der Waals surface area contributed by atoms with Crippen molar-refractivity contribution in [3.8, 4) is 0 Å². The topological polar surface area (TPSA) is 78.4 Å². The van der Waals surface area contributed by atoms with Crippen LogP contribution in [0.5, 0.6) is 0 Å². The Morgan fingerprint density at radius 1 is 1.65 bits per heavy atom. The van der Waals surface area contributed by atoms with Gasteiger partial charge in [0.05, 0.1) is 11.7 Å². The first-order valence-electron chi connectivity index (χ1n) is 5.64. The molecule has 0 aliphatic carbocycles. The maximum atomic E-state index is 10.9. The van der Waals surface area contributed by atoms with Gasteiger partial charge in [-0.1, -0.05) is 0 Å². The molecule has 1 fully saturated rings. The number of rotatable bonds is 3. The molecule has 1 aromatic heterocycles. The van der Waals surface area contributed by atoms with Gasteiger partial charge in [0.25, 0.3) is 0 Å². The molecule has 0 aromatic carbocycles. The van der Waals surface area contributed by atoms with Crippen molar-refractivity contribution in [2.45, 2.75) is 19.0 Å². The first-order chi connectivity index (χ1) is 8.18. The average molecular weight is 236 g/mol. The van der Waals surface area contributed by atoms with Gasteiger partial charge in [0.15, 0.2) is 0 Å². The number of nitrogens with zero attached hydrogens (tertiary/aromatic N) is 3. The summed E-state index contributed by atoms with van der Waals surface area (Å²) in [5, 5.41) is 12.0. The summed E-state index contributed by atoms with van der Waals surface area (Å²) in [5.41, 5.74) is 0.874. The number of hydrogen-bond donors (Lipinski definition) is 2. The van der Waals surface area contributed by atoms with Gasteiger partial charge in [0.2, 0.25) is 0 Å². The fourth-order valence-corrected chi connectivity index (χ4v) is 2.00. The van der Waals surface area contributed by atoms with Crippen LogP contribution in [0.4, 0.5) is 0 Å². The van der Waals surface area contributed by atoms with Crippen LogP contribution in [0.15, 0.2) is 18.6 Å². The quantitative estimate of drug-likeness (QED) is 0.763. The highest BCUT2D eigenvalue weighted by molar-refractivity contribution is 5.73. The molecule has 6 nitrogen and oxygen atoms in total. The van der Waals surface area contributed by atoms with E-state index in [1.165, 1.54) is 0 Å². The van der Waals surface area contributed by atoms with Gasteiger partial charge in [0, 0.05) is 38.2 Å². The molecule has 1 aromatic rings. The molecule has 1 aliphatic heterocycles. The van der Waals surface area contributed by atoms with Gasteiger partial charge in [0.1, 0.15) is 6.04 Å². The van der Waals surface area contributed by atoms with Crippen molar-refractivity contribution >= 4 is 5.97 Å². The summed E-state index contributed by atoms with van der Waals surface area (Å²) in [7, 11) is 0. The predicted molar refractivity (Wildman–Crippen MR) is 61.4 cm³/mol. The fraction of sp³-hybridized carbons (Fsp3) is 0.545. The van der Waals surface area contributed by atoms with Crippen LogP contribution >= 0.6 is 0 Å². The van der Waals surface area contributed by atoms with E-state index in [0.717, 1.165) is 12.2 Å². The molecule has 1 aliphatic rings. The van der Waals surface area contributed by atoms with E-state index in [1.54, 1.807) is 18.6 Å². The van der Waals surface area contributed by atoms with Crippen molar-refractivity contribution in [1.29, 1.82) is 0 Å². The molecule has 0 saturated carbocycles. The van der Waals surface area contributed by atoms with Crippen molar-refractivity contribution in [3.05, 3.63) is 24.3 Å². The van der Waals surface area contributed by atoms with Crippen molar-refractivity contribution in [2.75, 3.05) is 19.6 Å². The van der Waals surface area contributed by atoms with Gasteiger partial charge in [-0.3, -0.25) is 19.7 Å².